The van der Waals surface area contributed by atoms with E-state index in [0.29, 0.717) is 31.0 Å². The van der Waals surface area contributed by atoms with Crippen molar-refractivity contribution in [3.63, 3.8) is 0 Å². The molecule has 8 heteroatoms. The number of amides is 1. The summed E-state index contributed by atoms with van der Waals surface area (Å²) in [6, 6.07) is 4.48. The number of carbonyl (C=O) groups is 1. The Morgan fingerprint density at radius 2 is 2.26 bits per heavy atom. The quantitative estimate of drug-likeness (QED) is 0.868. The van der Waals surface area contributed by atoms with E-state index in [0.717, 1.165) is 0 Å². The second kappa shape index (κ2) is 7.65. The van der Waals surface area contributed by atoms with Crippen molar-refractivity contribution >= 4 is 11.6 Å². The molecular formula is C15H19F3N2O3. The fourth-order valence-electron chi connectivity index (χ4n) is 2.24. The minimum absolute atomic E-state index is 0.0285. The molecule has 1 aromatic carbocycles. The lowest BCUT2D eigenvalue weighted by molar-refractivity contribution is -0.153. The number of anilines is 1. The van der Waals surface area contributed by atoms with E-state index in [1.54, 1.807) is 13.0 Å². The Hall–Kier alpha value is -1.80. The molecule has 5 nitrogen and oxygen atoms in total. The number of ether oxygens (including phenoxy) is 2. The van der Waals surface area contributed by atoms with E-state index in [2.05, 4.69) is 10.6 Å². The Bertz CT molecular complexity index is 543. The number of hydrogen-bond donors (Lipinski definition) is 2. The summed E-state index contributed by atoms with van der Waals surface area (Å²) in [7, 11) is 0. The van der Waals surface area contributed by atoms with Crippen LogP contribution in [0, 0.1) is 6.92 Å². The first kappa shape index (κ1) is 17.6. The molecule has 0 aromatic heterocycles. The third-order valence-corrected chi connectivity index (χ3v) is 3.28. The normalized spacial score (nSPS) is 18.5. The number of morpholine rings is 1. The van der Waals surface area contributed by atoms with Gasteiger partial charge >= 0.3 is 6.18 Å². The van der Waals surface area contributed by atoms with Crippen molar-refractivity contribution in [2.45, 2.75) is 25.6 Å². The zero-order valence-electron chi connectivity index (χ0n) is 12.7. The Kier molecular flexibility index (Phi) is 5.84. The van der Waals surface area contributed by atoms with E-state index in [4.69, 9.17) is 9.47 Å². The second-order valence-corrected chi connectivity index (χ2v) is 5.36. The molecule has 0 radical (unpaired) electrons. The molecule has 1 unspecified atom stereocenters. The summed E-state index contributed by atoms with van der Waals surface area (Å²) in [6.45, 7) is 2.11. The monoisotopic (exact) mass is 332 g/mol. The molecule has 1 aliphatic heterocycles. The van der Waals surface area contributed by atoms with Crippen LogP contribution in [-0.4, -0.2) is 44.5 Å². The lowest BCUT2D eigenvalue weighted by Crippen LogP contribution is -2.43. The highest BCUT2D eigenvalue weighted by Crippen LogP contribution is 2.24. The fraction of sp³-hybridized carbons (Fsp3) is 0.533. The maximum absolute atomic E-state index is 12.1. The highest BCUT2D eigenvalue weighted by Gasteiger charge is 2.28. The zero-order chi connectivity index (χ0) is 16.9. The average Bonchev–Trinajstić information content (AvgIpc) is 2.46. The van der Waals surface area contributed by atoms with E-state index in [1.807, 2.05) is 0 Å². The molecule has 1 amide bonds. The molecule has 1 fully saturated rings. The molecule has 1 atom stereocenters. The number of benzene rings is 1. The zero-order valence-corrected chi connectivity index (χ0v) is 12.7. The highest BCUT2D eigenvalue weighted by atomic mass is 19.4. The van der Waals surface area contributed by atoms with Crippen LogP contribution in [0.25, 0.3) is 0 Å². The van der Waals surface area contributed by atoms with Gasteiger partial charge in [-0.3, -0.25) is 4.79 Å². The Morgan fingerprint density at radius 3 is 2.87 bits per heavy atom. The molecule has 23 heavy (non-hydrogen) atoms. The molecule has 1 saturated heterocycles. The number of aryl methyl sites for hydroxylation is 1. The van der Waals surface area contributed by atoms with Gasteiger partial charge in [0.2, 0.25) is 5.91 Å². The van der Waals surface area contributed by atoms with Crippen LogP contribution < -0.4 is 15.4 Å². The first-order chi connectivity index (χ1) is 10.8. The van der Waals surface area contributed by atoms with Crippen LogP contribution in [0.4, 0.5) is 18.9 Å². The topological polar surface area (TPSA) is 59.6 Å². The molecule has 0 aliphatic carbocycles. The molecule has 0 spiro atoms. The SMILES string of the molecule is Cc1cc(NC(=O)CC2COCCN2)ccc1OCC(F)(F)F. The second-order valence-electron chi connectivity index (χ2n) is 5.36. The van der Waals surface area contributed by atoms with Gasteiger partial charge in [-0.1, -0.05) is 0 Å². The van der Waals surface area contributed by atoms with Gasteiger partial charge in [0.05, 0.1) is 13.2 Å². The summed E-state index contributed by atoms with van der Waals surface area (Å²) in [4.78, 5) is 11.9. The average molecular weight is 332 g/mol. The molecular weight excluding hydrogens is 313 g/mol. The number of rotatable bonds is 5. The van der Waals surface area contributed by atoms with Crippen LogP contribution in [0.15, 0.2) is 18.2 Å². The van der Waals surface area contributed by atoms with Gasteiger partial charge in [0.1, 0.15) is 5.75 Å². The Labute approximate surface area is 132 Å². The summed E-state index contributed by atoms with van der Waals surface area (Å²) in [5.74, 6) is -0.0426. The largest absolute Gasteiger partial charge is 0.484 e. The van der Waals surface area contributed by atoms with Crippen LogP contribution in [0.5, 0.6) is 5.75 Å². The minimum atomic E-state index is -4.38. The van der Waals surface area contributed by atoms with Crippen molar-refractivity contribution in [2.24, 2.45) is 0 Å². The fourth-order valence-corrected chi connectivity index (χ4v) is 2.24. The van der Waals surface area contributed by atoms with E-state index in [1.165, 1.54) is 12.1 Å². The summed E-state index contributed by atoms with van der Waals surface area (Å²) < 4.78 is 46.4. The van der Waals surface area contributed by atoms with Gasteiger partial charge in [-0.25, -0.2) is 0 Å². The van der Waals surface area contributed by atoms with Gasteiger partial charge in [-0.2, -0.15) is 13.2 Å². The third-order valence-electron chi connectivity index (χ3n) is 3.28. The number of halogens is 3. The minimum Gasteiger partial charge on any atom is -0.484 e. The summed E-state index contributed by atoms with van der Waals surface area (Å²) in [6.07, 6.45) is -4.11. The maximum atomic E-state index is 12.1. The van der Waals surface area contributed by atoms with Gasteiger partial charge in [-0.05, 0) is 30.7 Å². The lowest BCUT2D eigenvalue weighted by atomic mass is 10.1. The third kappa shape index (κ3) is 6.07. The molecule has 128 valence electrons. The van der Waals surface area contributed by atoms with Crippen molar-refractivity contribution in [1.29, 1.82) is 0 Å². The highest BCUT2D eigenvalue weighted by molar-refractivity contribution is 5.91. The molecule has 2 N–H and O–H groups in total. The number of alkyl halides is 3. The molecule has 1 aromatic rings. The predicted molar refractivity (Wildman–Crippen MR) is 78.6 cm³/mol. The van der Waals surface area contributed by atoms with E-state index in [-0.39, 0.29) is 24.1 Å². The van der Waals surface area contributed by atoms with Crippen molar-refractivity contribution in [3.8, 4) is 5.75 Å². The van der Waals surface area contributed by atoms with E-state index >= 15 is 0 Å². The van der Waals surface area contributed by atoms with Crippen molar-refractivity contribution < 1.29 is 27.4 Å². The van der Waals surface area contributed by atoms with Crippen LogP contribution in [-0.2, 0) is 9.53 Å². The van der Waals surface area contributed by atoms with Crippen LogP contribution in [0.2, 0.25) is 0 Å². The molecule has 0 bridgehead atoms. The molecule has 2 rings (SSSR count). The van der Waals surface area contributed by atoms with Crippen molar-refractivity contribution in [3.05, 3.63) is 23.8 Å². The van der Waals surface area contributed by atoms with Crippen LogP contribution in [0.1, 0.15) is 12.0 Å². The smallest absolute Gasteiger partial charge is 0.422 e. The maximum Gasteiger partial charge on any atom is 0.422 e. The first-order valence-corrected chi connectivity index (χ1v) is 7.25. The summed E-state index contributed by atoms with van der Waals surface area (Å²) in [5, 5.41) is 5.89. The van der Waals surface area contributed by atoms with Crippen molar-refractivity contribution in [1.82, 2.24) is 5.32 Å². The number of nitrogens with one attached hydrogen (secondary N) is 2. The van der Waals surface area contributed by atoms with E-state index < -0.39 is 12.8 Å². The van der Waals surface area contributed by atoms with Crippen LogP contribution in [0.3, 0.4) is 0 Å². The van der Waals surface area contributed by atoms with Gasteiger partial charge < -0.3 is 20.1 Å². The Morgan fingerprint density at radius 1 is 1.48 bits per heavy atom. The van der Waals surface area contributed by atoms with Crippen LogP contribution >= 0.6 is 0 Å². The summed E-state index contributed by atoms with van der Waals surface area (Å²) >= 11 is 0. The van der Waals surface area contributed by atoms with Crippen molar-refractivity contribution in [2.75, 3.05) is 31.7 Å². The lowest BCUT2D eigenvalue weighted by Gasteiger charge is -2.23. The van der Waals surface area contributed by atoms with Gasteiger partial charge in [0.25, 0.3) is 0 Å². The van der Waals surface area contributed by atoms with Gasteiger partial charge in [0.15, 0.2) is 6.61 Å². The van der Waals surface area contributed by atoms with E-state index in [9.17, 15) is 18.0 Å². The van der Waals surface area contributed by atoms with Gasteiger partial charge in [-0.15, -0.1) is 0 Å². The number of hydrogen-bond acceptors (Lipinski definition) is 4. The summed E-state index contributed by atoms with van der Waals surface area (Å²) in [5.41, 5.74) is 1.04. The number of carbonyl (C=O) groups excluding carboxylic acids is 1. The first-order valence-electron chi connectivity index (χ1n) is 7.25. The molecule has 1 heterocycles. The Balaban J connectivity index is 1.88. The van der Waals surface area contributed by atoms with Gasteiger partial charge in [0, 0.05) is 24.7 Å². The standard InChI is InChI=1S/C15H19F3N2O3/c1-10-6-11(2-3-13(10)23-9-15(16,17)18)20-14(21)7-12-8-22-5-4-19-12/h2-3,6,12,19H,4-5,7-9H2,1H3,(H,20,21). The molecule has 0 saturated carbocycles. The predicted octanol–water partition coefficient (Wildman–Crippen LogP) is 2.25. The molecule has 1 aliphatic rings.